The van der Waals surface area contributed by atoms with E-state index in [9.17, 15) is 0 Å². The van der Waals surface area contributed by atoms with Crippen LogP contribution in [-0.2, 0) is 4.74 Å². The Morgan fingerprint density at radius 2 is 2.23 bits per heavy atom. The summed E-state index contributed by atoms with van der Waals surface area (Å²) in [6.07, 6.45) is 2.08. The first kappa shape index (κ1) is 8.32. The Morgan fingerprint density at radius 3 is 2.85 bits per heavy atom. The summed E-state index contributed by atoms with van der Waals surface area (Å²) in [6, 6.07) is 6.13. The van der Waals surface area contributed by atoms with Gasteiger partial charge in [-0.15, -0.1) is 0 Å². The van der Waals surface area contributed by atoms with Gasteiger partial charge in [0, 0.05) is 11.3 Å². The van der Waals surface area contributed by atoms with Crippen LogP contribution in [0.4, 0.5) is 5.69 Å². The molecule has 0 bridgehead atoms. The van der Waals surface area contributed by atoms with Crippen molar-refractivity contribution in [3.05, 3.63) is 35.4 Å². The molecule has 2 rings (SSSR count). The second-order valence-corrected chi connectivity index (χ2v) is 3.34. The molecular weight excluding hydrogens is 162 g/mol. The topological polar surface area (TPSA) is 35.2 Å². The van der Waals surface area contributed by atoms with E-state index in [1.807, 2.05) is 13.0 Å². The van der Waals surface area contributed by atoms with Crippen molar-refractivity contribution in [3.8, 4) is 0 Å². The zero-order valence-corrected chi connectivity index (χ0v) is 7.71. The van der Waals surface area contributed by atoms with Crippen molar-refractivity contribution >= 4 is 11.3 Å². The van der Waals surface area contributed by atoms with Crippen LogP contribution in [0, 0.1) is 6.92 Å². The van der Waals surface area contributed by atoms with Crippen LogP contribution in [0.1, 0.15) is 11.1 Å². The third-order valence-corrected chi connectivity index (χ3v) is 2.26. The van der Waals surface area contributed by atoms with Gasteiger partial charge >= 0.3 is 0 Å². The maximum atomic E-state index is 5.90. The highest BCUT2D eigenvalue weighted by Crippen LogP contribution is 2.25. The van der Waals surface area contributed by atoms with Crippen LogP contribution >= 0.6 is 0 Å². The van der Waals surface area contributed by atoms with E-state index in [0.717, 1.165) is 11.3 Å². The van der Waals surface area contributed by atoms with Crippen molar-refractivity contribution in [2.75, 3.05) is 18.9 Å². The first-order valence-corrected chi connectivity index (χ1v) is 4.40. The van der Waals surface area contributed by atoms with Gasteiger partial charge in [-0.05, 0) is 24.1 Å². The molecule has 2 nitrogen and oxygen atoms in total. The number of hydrogen-bond donors (Lipinski definition) is 1. The maximum absolute atomic E-state index is 5.90. The molecule has 1 aromatic carbocycles. The number of hydrogen-bond acceptors (Lipinski definition) is 2. The predicted octanol–water partition coefficient (Wildman–Crippen LogP) is 1.99. The average Bonchev–Trinajstić information content (AvgIpc) is 2.56. The maximum Gasteiger partial charge on any atom is 0.0725 e. The highest BCUT2D eigenvalue weighted by atomic mass is 16.5. The highest BCUT2D eigenvalue weighted by molar-refractivity contribution is 5.76. The molecular formula is C11H13NO. The largest absolute Gasteiger partial charge is 0.398 e. The van der Waals surface area contributed by atoms with Crippen molar-refractivity contribution in [3.63, 3.8) is 0 Å². The lowest BCUT2D eigenvalue weighted by molar-refractivity contribution is 0.216. The van der Waals surface area contributed by atoms with E-state index in [2.05, 4.69) is 18.2 Å². The third kappa shape index (κ3) is 1.58. The van der Waals surface area contributed by atoms with Gasteiger partial charge in [-0.3, -0.25) is 0 Å². The molecule has 1 heterocycles. The summed E-state index contributed by atoms with van der Waals surface area (Å²) in [4.78, 5) is 0. The molecule has 2 heteroatoms. The lowest BCUT2D eigenvalue weighted by Gasteiger charge is -2.06. The van der Waals surface area contributed by atoms with Crippen LogP contribution in [0.25, 0.3) is 5.57 Å². The summed E-state index contributed by atoms with van der Waals surface area (Å²) in [5.74, 6) is 0. The van der Waals surface area contributed by atoms with Crippen LogP contribution in [0.2, 0.25) is 0 Å². The quantitative estimate of drug-likeness (QED) is 0.662. The molecule has 1 aliphatic heterocycles. The fourth-order valence-electron chi connectivity index (χ4n) is 1.55. The van der Waals surface area contributed by atoms with Gasteiger partial charge in [0.15, 0.2) is 0 Å². The van der Waals surface area contributed by atoms with Crippen LogP contribution in [-0.4, -0.2) is 13.2 Å². The van der Waals surface area contributed by atoms with Gasteiger partial charge in [0.05, 0.1) is 13.2 Å². The second kappa shape index (κ2) is 3.23. The summed E-state index contributed by atoms with van der Waals surface area (Å²) >= 11 is 0. The molecule has 0 atom stereocenters. The molecule has 2 N–H and O–H groups in total. The molecule has 0 radical (unpaired) electrons. The van der Waals surface area contributed by atoms with Crippen LogP contribution < -0.4 is 5.73 Å². The summed E-state index contributed by atoms with van der Waals surface area (Å²) in [5, 5.41) is 0. The lowest BCUT2D eigenvalue weighted by Crippen LogP contribution is -1.95. The zero-order valence-electron chi connectivity index (χ0n) is 7.71. The van der Waals surface area contributed by atoms with Crippen molar-refractivity contribution in [2.24, 2.45) is 0 Å². The number of anilines is 1. The van der Waals surface area contributed by atoms with Gasteiger partial charge in [-0.25, -0.2) is 0 Å². The Balaban J connectivity index is 2.40. The number of nitrogens with two attached hydrogens (primary N) is 1. The molecule has 0 saturated heterocycles. The van der Waals surface area contributed by atoms with Crippen LogP contribution in [0.15, 0.2) is 24.3 Å². The van der Waals surface area contributed by atoms with Gasteiger partial charge in [-0.1, -0.05) is 18.2 Å². The Kier molecular flexibility index (Phi) is 2.07. The minimum Gasteiger partial charge on any atom is -0.398 e. The Hall–Kier alpha value is -1.28. The molecule has 0 aliphatic carbocycles. The highest BCUT2D eigenvalue weighted by Gasteiger charge is 2.09. The predicted molar refractivity (Wildman–Crippen MR) is 54.4 cm³/mol. The van der Waals surface area contributed by atoms with E-state index in [4.69, 9.17) is 10.5 Å². The summed E-state index contributed by atoms with van der Waals surface area (Å²) in [6.45, 7) is 3.44. The number of aryl methyl sites for hydroxylation is 1. The fourth-order valence-corrected chi connectivity index (χ4v) is 1.55. The molecule has 68 valence electrons. The Labute approximate surface area is 78.0 Å². The SMILES string of the molecule is Cc1ccc(C2=CCOC2)c(N)c1. The van der Waals surface area contributed by atoms with Crippen molar-refractivity contribution in [1.29, 1.82) is 0 Å². The van der Waals surface area contributed by atoms with Gasteiger partial charge in [-0.2, -0.15) is 0 Å². The van der Waals surface area contributed by atoms with E-state index in [0.29, 0.717) is 13.2 Å². The molecule has 13 heavy (non-hydrogen) atoms. The molecule has 0 spiro atoms. The fraction of sp³-hybridized carbons (Fsp3) is 0.273. The monoisotopic (exact) mass is 175 g/mol. The molecule has 0 aromatic heterocycles. The summed E-state index contributed by atoms with van der Waals surface area (Å²) in [7, 11) is 0. The Morgan fingerprint density at radius 1 is 1.38 bits per heavy atom. The van der Waals surface area contributed by atoms with Gasteiger partial charge in [0.1, 0.15) is 0 Å². The minimum absolute atomic E-state index is 0.688. The molecule has 1 aromatic rings. The zero-order chi connectivity index (χ0) is 9.26. The van der Waals surface area contributed by atoms with Crippen LogP contribution in [0.5, 0.6) is 0 Å². The smallest absolute Gasteiger partial charge is 0.0725 e. The van der Waals surface area contributed by atoms with Gasteiger partial charge < -0.3 is 10.5 Å². The number of ether oxygens (including phenoxy) is 1. The van der Waals surface area contributed by atoms with E-state index in [1.165, 1.54) is 11.1 Å². The molecule has 0 saturated carbocycles. The normalized spacial score (nSPS) is 15.9. The second-order valence-electron chi connectivity index (χ2n) is 3.34. The van der Waals surface area contributed by atoms with E-state index in [1.54, 1.807) is 0 Å². The van der Waals surface area contributed by atoms with E-state index in [-0.39, 0.29) is 0 Å². The molecule has 0 fully saturated rings. The van der Waals surface area contributed by atoms with Crippen molar-refractivity contribution < 1.29 is 4.74 Å². The van der Waals surface area contributed by atoms with Crippen molar-refractivity contribution in [1.82, 2.24) is 0 Å². The molecule has 1 aliphatic rings. The summed E-state index contributed by atoms with van der Waals surface area (Å²) < 4.78 is 5.25. The van der Waals surface area contributed by atoms with E-state index < -0.39 is 0 Å². The molecule has 0 unspecified atom stereocenters. The van der Waals surface area contributed by atoms with Gasteiger partial charge in [0.25, 0.3) is 0 Å². The average molecular weight is 175 g/mol. The number of rotatable bonds is 1. The standard InChI is InChI=1S/C11H13NO/c1-8-2-3-10(11(12)6-8)9-4-5-13-7-9/h2-4,6H,5,7,12H2,1H3. The molecule has 0 amide bonds. The summed E-state index contributed by atoms with van der Waals surface area (Å²) in [5.41, 5.74) is 10.3. The number of benzene rings is 1. The van der Waals surface area contributed by atoms with E-state index >= 15 is 0 Å². The first-order valence-electron chi connectivity index (χ1n) is 4.40. The lowest BCUT2D eigenvalue weighted by atomic mass is 10.0. The van der Waals surface area contributed by atoms with Crippen LogP contribution in [0.3, 0.4) is 0 Å². The van der Waals surface area contributed by atoms with Crippen molar-refractivity contribution in [2.45, 2.75) is 6.92 Å². The number of nitrogen functional groups attached to an aromatic ring is 1. The third-order valence-electron chi connectivity index (χ3n) is 2.26. The van der Waals surface area contributed by atoms with Gasteiger partial charge in [0.2, 0.25) is 0 Å². The first-order chi connectivity index (χ1) is 6.27. The minimum atomic E-state index is 0.688. The Bertz CT molecular complexity index is 355.